The zero-order valence-corrected chi connectivity index (χ0v) is 13.4. The Morgan fingerprint density at radius 3 is 2.48 bits per heavy atom. The van der Waals surface area contributed by atoms with Crippen molar-refractivity contribution in [2.45, 2.75) is 45.1 Å². The molecule has 0 aliphatic heterocycles. The molecule has 6 nitrogen and oxygen atoms in total. The van der Waals surface area contributed by atoms with Crippen LogP contribution < -0.4 is 11.1 Å². The van der Waals surface area contributed by atoms with Gasteiger partial charge in [-0.05, 0) is 31.7 Å². The molecule has 1 rings (SSSR count). The minimum Gasteiger partial charge on any atom is -0.466 e. The molecule has 1 aromatic rings. The smallest absolute Gasteiger partial charge is 0.306 e. The van der Waals surface area contributed by atoms with Gasteiger partial charge in [-0.3, -0.25) is 14.4 Å². The molecule has 3 N–H and O–H groups in total. The Hall–Kier alpha value is -2.37. The number of hydrogen-bond acceptors (Lipinski definition) is 4. The van der Waals surface area contributed by atoms with Gasteiger partial charge >= 0.3 is 5.97 Å². The van der Waals surface area contributed by atoms with Crippen LogP contribution in [0.4, 0.5) is 0 Å². The molecule has 0 saturated carbocycles. The van der Waals surface area contributed by atoms with Crippen molar-refractivity contribution >= 4 is 17.8 Å². The van der Waals surface area contributed by atoms with Crippen molar-refractivity contribution in [3.63, 3.8) is 0 Å². The van der Waals surface area contributed by atoms with Crippen LogP contribution in [-0.4, -0.2) is 30.4 Å². The van der Waals surface area contributed by atoms with Crippen LogP contribution in [0.2, 0.25) is 0 Å². The van der Waals surface area contributed by atoms with E-state index < -0.39 is 17.9 Å². The number of benzene rings is 1. The standard InChI is InChI=1S/C17H24N2O4/c1-2-23-16(21)12-11-15(20)19-14(17(18)22)10-6-9-13-7-4-3-5-8-13/h3-5,7-8,14H,2,6,9-12H2,1H3,(H2,18,22)(H,19,20)/t14-/m1/s1. The molecule has 0 heterocycles. The molecule has 0 aliphatic rings. The second kappa shape index (κ2) is 10.4. The molecule has 0 saturated heterocycles. The first-order valence-corrected chi connectivity index (χ1v) is 7.81. The van der Waals surface area contributed by atoms with Gasteiger partial charge in [0.05, 0.1) is 13.0 Å². The van der Waals surface area contributed by atoms with Crippen molar-refractivity contribution in [3.8, 4) is 0 Å². The van der Waals surface area contributed by atoms with Gasteiger partial charge in [0.25, 0.3) is 0 Å². The van der Waals surface area contributed by atoms with Crippen molar-refractivity contribution in [1.29, 1.82) is 0 Å². The summed E-state index contributed by atoms with van der Waals surface area (Å²) in [5.41, 5.74) is 6.49. The van der Waals surface area contributed by atoms with Gasteiger partial charge in [-0.25, -0.2) is 0 Å². The van der Waals surface area contributed by atoms with Gasteiger partial charge < -0.3 is 15.8 Å². The van der Waals surface area contributed by atoms with E-state index in [1.807, 2.05) is 30.3 Å². The number of primary amides is 1. The summed E-state index contributed by atoms with van der Waals surface area (Å²) < 4.78 is 4.75. The number of nitrogens with two attached hydrogens (primary N) is 1. The quantitative estimate of drug-likeness (QED) is 0.635. The van der Waals surface area contributed by atoms with Crippen molar-refractivity contribution in [3.05, 3.63) is 35.9 Å². The van der Waals surface area contributed by atoms with E-state index in [0.29, 0.717) is 6.42 Å². The average molecular weight is 320 g/mol. The van der Waals surface area contributed by atoms with Crippen LogP contribution in [0.3, 0.4) is 0 Å². The molecule has 0 spiro atoms. The molecule has 126 valence electrons. The van der Waals surface area contributed by atoms with Crippen LogP contribution >= 0.6 is 0 Å². The zero-order chi connectivity index (χ0) is 17.1. The van der Waals surface area contributed by atoms with E-state index >= 15 is 0 Å². The third-order valence-electron chi connectivity index (χ3n) is 3.34. The zero-order valence-electron chi connectivity index (χ0n) is 13.4. The minimum absolute atomic E-state index is 0.00479. The predicted molar refractivity (Wildman–Crippen MR) is 86.4 cm³/mol. The maximum atomic E-state index is 11.8. The van der Waals surface area contributed by atoms with Crippen LogP contribution in [0.25, 0.3) is 0 Å². The molecular formula is C17H24N2O4. The number of rotatable bonds is 10. The van der Waals surface area contributed by atoms with Crippen LogP contribution in [0, 0.1) is 0 Å². The molecule has 1 aromatic carbocycles. The van der Waals surface area contributed by atoms with Crippen molar-refractivity contribution < 1.29 is 19.1 Å². The Balaban J connectivity index is 2.35. The number of amides is 2. The number of nitrogens with one attached hydrogen (secondary N) is 1. The largest absolute Gasteiger partial charge is 0.466 e. The van der Waals surface area contributed by atoms with Crippen molar-refractivity contribution in [2.75, 3.05) is 6.61 Å². The summed E-state index contributed by atoms with van der Waals surface area (Å²) in [6, 6.07) is 9.16. The van der Waals surface area contributed by atoms with Gasteiger partial charge in [-0.15, -0.1) is 0 Å². The normalized spacial score (nSPS) is 11.5. The number of esters is 1. The summed E-state index contributed by atoms with van der Waals surface area (Å²) in [5, 5.41) is 2.58. The molecule has 1 atom stereocenters. The third-order valence-corrected chi connectivity index (χ3v) is 3.34. The van der Waals surface area contributed by atoms with Gasteiger partial charge in [0.1, 0.15) is 6.04 Å². The van der Waals surface area contributed by atoms with E-state index in [1.54, 1.807) is 6.92 Å². The fraction of sp³-hybridized carbons (Fsp3) is 0.471. The Bertz CT molecular complexity index is 517. The third kappa shape index (κ3) is 7.99. The highest BCUT2D eigenvalue weighted by atomic mass is 16.5. The highest BCUT2D eigenvalue weighted by Gasteiger charge is 2.18. The topological polar surface area (TPSA) is 98.5 Å². The van der Waals surface area contributed by atoms with E-state index in [9.17, 15) is 14.4 Å². The first-order chi connectivity index (χ1) is 11.0. The monoisotopic (exact) mass is 320 g/mol. The molecular weight excluding hydrogens is 296 g/mol. The second-order valence-corrected chi connectivity index (χ2v) is 5.21. The Kier molecular flexibility index (Phi) is 8.42. The Morgan fingerprint density at radius 2 is 1.87 bits per heavy atom. The van der Waals surface area contributed by atoms with Crippen molar-refractivity contribution in [1.82, 2.24) is 5.32 Å². The molecule has 0 bridgehead atoms. The summed E-state index contributed by atoms with van der Waals surface area (Å²) >= 11 is 0. The van der Waals surface area contributed by atoms with E-state index in [0.717, 1.165) is 12.8 Å². The maximum Gasteiger partial charge on any atom is 0.306 e. The molecule has 23 heavy (non-hydrogen) atoms. The number of carbonyl (C=O) groups is 3. The van der Waals surface area contributed by atoms with E-state index in [4.69, 9.17) is 10.5 Å². The lowest BCUT2D eigenvalue weighted by Crippen LogP contribution is -2.44. The summed E-state index contributed by atoms with van der Waals surface area (Å²) in [7, 11) is 0. The van der Waals surface area contributed by atoms with Gasteiger partial charge in [0, 0.05) is 6.42 Å². The van der Waals surface area contributed by atoms with Gasteiger partial charge in [0.15, 0.2) is 0 Å². The lowest BCUT2D eigenvalue weighted by Gasteiger charge is -2.15. The summed E-state index contributed by atoms with van der Waals surface area (Å²) in [6.07, 6.45) is 1.99. The second-order valence-electron chi connectivity index (χ2n) is 5.21. The van der Waals surface area contributed by atoms with Crippen LogP contribution in [0.1, 0.15) is 38.2 Å². The fourth-order valence-corrected chi connectivity index (χ4v) is 2.16. The SMILES string of the molecule is CCOC(=O)CCC(=O)N[C@H](CCCc1ccccc1)C(N)=O. The highest BCUT2D eigenvalue weighted by molar-refractivity contribution is 5.87. The van der Waals surface area contributed by atoms with Crippen LogP contribution in [0.5, 0.6) is 0 Å². The molecule has 6 heteroatoms. The molecule has 0 aliphatic carbocycles. The summed E-state index contributed by atoms with van der Waals surface area (Å²) in [5.74, 6) is -1.37. The Morgan fingerprint density at radius 1 is 1.17 bits per heavy atom. The Labute approximate surface area is 136 Å². The first kappa shape index (κ1) is 18.7. The van der Waals surface area contributed by atoms with E-state index in [-0.39, 0.29) is 25.4 Å². The fourth-order valence-electron chi connectivity index (χ4n) is 2.16. The number of carbonyl (C=O) groups excluding carboxylic acids is 3. The van der Waals surface area contributed by atoms with Crippen LogP contribution in [-0.2, 0) is 25.5 Å². The van der Waals surface area contributed by atoms with Gasteiger partial charge in [-0.2, -0.15) is 0 Å². The summed E-state index contributed by atoms with van der Waals surface area (Å²) in [6.45, 7) is 1.98. The maximum absolute atomic E-state index is 11.8. The lowest BCUT2D eigenvalue weighted by atomic mass is 10.0. The van der Waals surface area contributed by atoms with Gasteiger partial charge in [-0.1, -0.05) is 30.3 Å². The number of aryl methyl sites for hydroxylation is 1. The highest BCUT2D eigenvalue weighted by Crippen LogP contribution is 2.07. The molecule has 0 aromatic heterocycles. The number of hydrogen-bond donors (Lipinski definition) is 2. The minimum atomic E-state index is -0.714. The predicted octanol–water partition coefficient (Wildman–Crippen LogP) is 1.32. The molecule has 0 fully saturated rings. The first-order valence-electron chi connectivity index (χ1n) is 7.81. The van der Waals surface area contributed by atoms with Crippen LogP contribution in [0.15, 0.2) is 30.3 Å². The average Bonchev–Trinajstić information content (AvgIpc) is 2.53. The van der Waals surface area contributed by atoms with Gasteiger partial charge in [0.2, 0.25) is 11.8 Å². The van der Waals surface area contributed by atoms with E-state index in [2.05, 4.69) is 5.32 Å². The molecule has 2 amide bonds. The molecule has 0 radical (unpaired) electrons. The lowest BCUT2D eigenvalue weighted by molar-refractivity contribution is -0.144. The number of ether oxygens (including phenoxy) is 1. The summed E-state index contributed by atoms with van der Waals surface area (Å²) in [4.78, 5) is 34.4. The van der Waals surface area contributed by atoms with Crippen molar-refractivity contribution in [2.24, 2.45) is 5.73 Å². The van der Waals surface area contributed by atoms with E-state index in [1.165, 1.54) is 5.56 Å². The molecule has 0 unspecified atom stereocenters.